The highest BCUT2D eigenvalue weighted by Crippen LogP contribution is 2.22. The fraction of sp³-hybridized carbons (Fsp3) is 1.00. The summed E-state index contributed by atoms with van der Waals surface area (Å²) < 4.78 is 0. The second-order valence-corrected chi connectivity index (χ2v) is 5.38. The largest absolute Gasteiger partial charge is 0.326 e. The number of nitrogens with two attached hydrogens (primary N) is 1. The first-order valence-electron chi connectivity index (χ1n) is 6.00. The van der Waals surface area contributed by atoms with Crippen LogP contribution in [0.25, 0.3) is 0 Å². The molecule has 0 spiro atoms. The molecule has 0 bridgehead atoms. The van der Waals surface area contributed by atoms with Crippen LogP contribution in [-0.4, -0.2) is 30.1 Å². The van der Waals surface area contributed by atoms with E-state index in [1.54, 1.807) is 0 Å². The normalized spacial score (nSPS) is 32.1. The van der Waals surface area contributed by atoms with Crippen molar-refractivity contribution in [2.24, 2.45) is 17.6 Å². The first-order valence-corrected chi connectivity index (χ1v) is 6.00. The molecule has 84 valence electrons. The van der Waals surface area contributed by atoms with Crippen LogP contribution in [0, 0.1) is 11.8 Å². The van der Waals surface area contributed by atoms with Gasteiger partial charge in [0.2, 0.25) is 0 Å². The van der Waals surface area contributed by atoms with E-state index in [0.717, 1.165) is 18.5 Å². The van der Waals surface area contributed by atoms with Gasteiger partial charge in [0.05, 0.1) is 0 Å². The third kappa shape index (κ3) is 3.25. The molecular weight excluding hydrogens is 172 g/mol. The molecule has 1 heterocycles. The van der Waals surface area contributed by atoms with Crippen molar-refractivity contribution >= 4 is 0 Å². The summed E-state index contributed by atoms with van der Waals surface area (Å²) >= 11 is 0. The van der Waals surface area contributed by atoms with Crippen molar-refractivity contribution in [1.82, 2.24) is 4.90 Å². The molecule has 2 heteroatoms. The Morgan fingerprint density at radius 1 is 1.36 bits per heavy atom. The zero-order chi connectivity index (χ0) is 10.7. The van der Waals surface area contributed by atoms with Crippen molar-refractivity contribution in [3.8, 4) is 0 Å². The van der Waals surface area contributed by atoms with Crippen LogP contribution < -0.4 is 5.73 Å². The van der Waals surface area contributed by atoms with Crippen LogP contribution in [0.2, 0.25) is 0 Å². The Bertz CT molecular complexity index is 168. The lowest BCUT2D eigenvalue weighted by atomic mass is 9.92. The van der Waals surface area contributed by atoms with E-state index < -0.39 is 0 Å². The Balaban J connectivity index is 2.37. The minimum absolute atomic E-state index is 0.339. The van der Waals surface area contributed by atoms with Gasteiger partial charge in [-0.2, -0.15) is 0 Å². The molecule has 0 aromatic heterocycles. The van der Waals surface area contributed by atoms with Crippen molar-refractivity contribution in [2.75, 3.05) is 13.1 Å². The van der Waals surface area contributed by atoms with Gasteiger partial charge in [-0.3, -0.25) is 4.90 Å². The molecule has 0 radical (unpaired) electrons. The molecule has 1 fully saturated rings. The van der Waals surface area contributed by atoms with E-state index in [1.165, 1.54) is 19.4 Å². The molecule has 3 unspecified atom stereocenters. The first kappa shape index (κ1) is 12.0. The number of piperidine rings is 1. The van der Waals surface area contributed by atoms with Crippen LogP contribution in [0.4, 0.5) is 0 Å². The minimum Gasteiger partial charge on any atom is -0.326 e. The molecule has 1 rings (SSSR count). The number of rotatable bonds is 3. The fourth-order valence-electron chi connectivity index (χ4n) is 2.21. The van der Waals surface area contributed by atoms with E-state index in [-0.39, 0.29) is 0 Å². The molecular formula is C12H26N2. The van der Waals surface area contributed by atoms with Gasteiger partial charge in [0.25, 0.3) is 0 Å². The molecule has 0 aromatic carbocycles. The number of hydrogen-bond donors (Lipinski definition) is 1. The number of likely N-dealkylation sites (tertiary alicyclic amines) is 1. The summed E-state index contributed by atoms with van der Waals surface area (Å²) in [6.45, 7) is 11.4. The lowest BCUT2D eigenvalue weighted by Crippen LogP contribution is -2.47. The van der Waals surface area contributed by atoms with E-state index in [2.05, 4.69) is 32.6 Å². The van der Waals surface area contributed by atoms with Gasteiger partial charge in [-0.25, -0.2) is 0 Å². The standard InChI is InChI=1S/C12H26N2/c1-9(2)12(13)8-14-6-5-10(3)7-11(14)4/h9-12H,5-8,13H2,1-4H3. The molecule has 14 heavy (non-hydrogen) atoms. The molecule has 1 aliphatic rings. The van der Waals surface area contributed by atoms with Crippen molar-refractivity contribution in [2.45, 2.75) is 52.6 Å². The Hall–Kier alpha value is -0.0800. The molecule has 0 aromatic rings. The summed E-state index contributed by atoms with van der Waals surface area (Å²) in [5, 5.41) is 0. The smallest absolute Gasteiger partial charge is 0.0191 e. The Morgan fingerprint density at radius 3 is 2.50 bits per heavy atom. The van der Waals surface area contributed by atoms with Crippen molar-refractivity contribution in [3.05, 3.63) is 0 Å². The van der Waals surface area contributed by atoms with E-state index >= 15 is 0 Å². The molecule has 0 aliphatic carbocycles. The maximum atomic E-state index is 6.10. The second-order valence-electron chi connectivity index (χ2n) is 5.38. The predicted molar refractivity (Wildman–Crippen MR) is 62.2 cm³/mol. The lowest BCUT2D eigenvalue weighted by Gasteiger charge is -2.38. The van der Waals surface area contributed by atoms with Crippen molar-refractivity contribution < 1.29 is 0 Å². The summed E-state index contributed by atoms with van der Waals surface area (Å²) in [6.07, 6.45) is 2.68. The highest BCUT2D eigenvalue weighted by atomic mass is 15.2. The zero-order valence-corrected chi connectivity index (χ0v) is 10.2. The predicted octanol–water partition coefficient (Wildman–Crippen LogP) is 2.09. The summed E-state index contributed by atoms with van der Waals surface area (Å²) in [4.78, 5) is 2.56. The molecule has 0 saturated carbocycles. The average molecular weight is 198 g/mol. The van der Waals surface area contributed by atoms with Crippen LogP contribution in [0.1, 0.15) is 40.5 Å². The van der Waals surface area contributed by atoms with Gasteiger partial charge >= 0.3 is 0 Å². The third-order valence-electron chi connectivity index (χ3n) is 3.58. The minimum atomic E-state index is 0.339. The Kier molecular flexibility index (Phi) is 4.39. The van der Waals surface area contributed by atoms with Gasteiger partial charge in [0.15, 0.2) is 0 Å². The van der Waals surface area contributed by atoms with Gasteiger partial charge in [-0.05, 0) is 38.1 Å². The molecule has 1 saturated heterocycles. The quantitative estimate of drug-likeness (QED) is 0.752. The highest BCUT2D eigenvalue weighted by molar-refractivity contribution is 4.80. The number of nitrogens with zero attached hydrogens (tertiary/aromatic N) is 1. The lowest BCUT2D eigenvalue weighted by molar-refractivity contribution is 0.115. The summed E-state index contributed by atoms with van der Waals surface area (Å²) in [5.41, 5.74) is 6.10. The SMILES string of the molecule is CC1CCN(CC(N)C(C)C)C(C)C1. The van der Waals surface area contributed by atoms with Gasteiger partial charge in [-0.15, -0.1) is 0 Å². The van der Waals surface area contributed by atoms with Crippen LogP contribution in [0.5, 0.6) is 0 Å². The van der Waals surface area contributed by atoms with Crippen LogP contribution in [0.15, 0.2) is 0 Å². The van der Waals surface area contributed by atoms with Gasteiger partial charge in [0.1, 0.15) is 0 Å². The highest BCUT2D eigenvalue weighted by Gasteiger charge is 2.24. The van der Waals surface area contributed by atoms with E-state index in [1.807, 2.05) is 0 Å². The van der Waals surface area contributed by atoms with Gasteiger partial charge < -0.3 is 5.73 Å². The maximum absolute atomic E-state index is 6.10. The van der Waals surface area contributed by atoms with Gasteiger partial charge in [0, 0.05) is 18.6 Å². The molecule has 3 atom stereocenters. The van der Waals surface area contributed by atoms with E-state index in [9.17, 15) is 0 Å². The summed E-state index contributed by atoms with van der Waals surface area (Å²) in [6, 6.07) is 1.06. The average Bonchev–Trinajstić information content (AvgIpc) is 2.09. The van der Waals surface area contributed by atoms with E-state index in [4.69, 9.17) is 5.73 Å². The summed E-state index contributed by atoms with van der Waals surface area (Å²) in [5.74, 6) is 1.50. The molecule has 2 nitrogen and oxygen atoms in total. The zero-order valence-electron chi connectivity index (χ0n) is 10.2. The third-order valence-corrected chi connectivity index (χ3v) is 3.58. The number of hydrogen-bond acceptors (Lipinski definition) is 2. The Morgan fingerprint density at radius 2 is 2.00 bits per heavy atom. The van der Waals surface area contributed by atoms with Crippen LogP contribution >= 0.6 is 0 Å². The summed E-state index contributed by atoms with van der Waals surface area (Å²) in [7, 11) is 0. The van der Waals surface area contributed by atoms with Crippen molar-refractivity contribution in [3.63, 3.8) is 0 Å². The topological polar surface area (TPSA) is 29.3 Å². The maximum Gasteiger partial charge on any atom is 0.0191 e. The van der Waals surface area contributed by atoms with Crippen LogP contribution in [0.3, 0.4) is 0 Å². The monoisotopic (exact) mass is 198 g/mol. The molecule has 2 N–H and O–H groups in total. The molecule has 1 aliphatic heterocycles. The van der Waals surface area contributed by atoms with Crippen molar-refractivity contribution in [1.29, 1.82) is 0 Å². The van der Waals surface area contributed by atoms with Crippen LogP contribution in [-0.2, 0) is 0 Å². The second kappa shape index (κ2) is 5.13. The fourth-order valence-corrected chi connectivity index (χ4v) is 2.21. The Labute approximate surface area is 88.8 Å². The van der Waals surface area contributed by atoms with E-state index in [0.29, 0.717) is 12.0 Å². The molecule has 0 amide bonds. The van der Waals surface area contributed by atoms with Gasteiger partial charge in [-0.1, -0.05) is 20.8 Å². The first-order chi connectivity index (χ1) is 6.50.